The lowest BCUT2D eigenvalue weighted by atomic mass is 10.1. The van der Waals surface area contributed by atoms with Crippen LogP contribution in [0.5, 0.6) is 5.75 Å². The van der Waals surface area contributed by atoms with Crippen molar-refractivity contribution in [1.82, 2.24) is 10.2 Å². The zero-order valence-electron chi connectivity index (χ0n) is 21.3. The Balaban J connectivity index is 1.44. The first-order valence-electron chi connectivity index (χ1n) is 12.8. The van der Waals surface area contributed by atoms with Crippen LogP contribution < -0.4 is 15.0 Å². The van der Waals surface area contributed by atoms with Crippen LogP contribution in [0.4, 0.5) is 10.1 Å². The number of halogens is 1. The molecule has 0 atom stereocenters. The summed E-state index contributed by atoms with van der Waals surface area (Å²) in [5.41, 5.74) is 2.66. The van der Waals surface area contributed by atoms with Gasteiger partial charge in [0.05, 0.1) is 20.1 Å². The molecule has 0 saturated carbocycles. The number of methoxy groups -OCH3 is 1. The summed E-state index contributed by atoms with van der Waals surface area (Å²) >= 11 is 0. The number of hydrogen-bond donors (Lipinski definition) is 1. The van der Waals surface area contributed by atoms with Gasteiger partial charge in [0.15, 0.2) is 0 Å². The van der Waals surface area contributed by atoms with Crippen molar-refractivity contribution in [3.05, 3.63) is 95.3 Å². The van der Waals surface area contributed by atoms with E-state index in [0.29, 0.717) is 29.1 Å². The summed E-state index contributed by atoms with van der Waals surface area (Å²) in [6.45, 7) is 3.94. The Morgan fingerprint density at radius 1 is 0.946 bits per heavy atom. The quantitative estimate of drug-likeness (QED) is 0.431. The van der Waals surface area contributed by atoms with Crippen molar-refractivity contribution in [2.45, 2.75) is 32.2 Å². The molecule has 4 rings (SSSR count). The molecule has 3 aromatic rings. The maximum absolute atomic E-state index is 13.9. The van der Waals surface area contributed by atoms with E-state index in [4.69, 9.17) is 4.74 Å². The number of ether oxygens (including phenoxy) is 1. The number of benzene rings is 3. The van der Waals surface area contributed by atoms with Crippen molar-refractivity contribution in [2.24, 2.45) is 0 Å². The number of nitrogens with one attached hydrogen (secondary N) is 1. The summed E-state index contributed by atoms with van der Waals surface area (Å²) in [5, 5.41) is 3.01. The second-order valence-corrected chi connectivity index (χ2v) is 9.35. The third-order valence-electron chi connectivity index (χ3n) is 6.60. The van der Waals surface area contributed by atoms with E-state index in [2.05, 4.69) is 10.2 Å². The molecule has 6 nitrogen and oxygen atoms in total. The highest BCUT2D eigenvalue weighted by atomic mass is 19.1. The maximum atomic E-state index is 13.9. The summed E-state index contributed by atoms with van der Waals surface area (Å²) in [4.78, 5) is 30.0. The molecule has 1 fully saturated rings. The molecule has 37 heavy (non-hydrogen) atoms. The normalized spacial score (nSPS) is 13.7. The van der Waals surface area contributed by atoms with Gasteiger partial charge in [0, 0.05) is 24.3 Å². The number of rotatable bonds is 10. The molecule has 0 aliphatic carbocycles. The fourth-order valence-corrected chi connectivity index (χ4v) is 4.59. The molecule has 3 aromatic carbocycles. The van der Waals surface area contributed by atoms with Gasteiger partial charge >= 0.3 is 0 Å². The first kappa shape index (κ1) is 26.4. The van der Waals surface area contributed by atoms with Crippen LogP contribution in [0, 0.1) is 5.82 Å². The van der Waals surface area contributed by atoms with Crippen molar-refractivity contribution >= 4 is 17.5 Å². The van der Waals surface area contributed by atoms with E-state index in [1.807, 2.05) is 24.3 Å². The summed E-state index contributed by atoms with van der Waals surface area (Å²) in [5.74, 6) is -0.0219. The first-order chi connectivity index (χ1) is 18.0. The van der Waals surface area contributed by atoms with Crippen molar-refractivity contribution in [3.8, 4) is 5.75 Å². The summed E-state index contributed by atoms with van der Waals surface area (Å²) < 4.78 is 19.1. The lowest BCUT2D eigenvalue weighted by Crippen LogP contribution is -2.38. The Labute approximate surface area is 218 Å². The van der Waals surface area contributed by atoms with Crippen LogP contribution in [0.25, 0.3) is 0 Å². The Morgan fingerprint density at radius 3 is 2.43 bits per heavy atom. The number of piperidine rings is 1. The number of carbonyl (C=O) groups excluding carboxylic acids is 2. The molecule has 0 spiro atoms. The molecule has 2 amide bonds. The Bertz CT molecular complexity index is 1190. The highest BCUT2D eigenvalue weighted by Gasteiger charge is 2.19. The van der Waals surface area contributed by atoms with Gasteiger partial charge < -0.3 is 19.9 Å². The lowest BCUT2D eigenvalue weighted by molar-refractivity contribution is -0.120. The molecule has 0 radical (unpaired) electrons. The maximum Gasteiger partial charge on any atom is 0.258 e. The standard InChI is InChI=1S/C30H34FN3O3/c1-37-28-10-6-8-25(21-28)30(36)34(22-24-7-5-9-26(31)19-24)27-13-11-23(12-14-27)20-29(35)32-15-18-33-16-3-2-4-17-33/h5-14,19,21H,2-4,15-18,20,22H2,1H3,(H,32,35). The second kappa shape index (κ2) is 13.0. The number of hydrogen-bond acceptors (Lipinski definition) is 4. The number of carbonyl (C=O) groups is 2. The van der Waals surface area contributed by atoms with Gasteiger partial charge in [-0.3, -0.25) is 9.59 Å². The molecule has 1 aliphatic heterocycles. The highest BCUT2D eigenvalue weighted by molar-refractivity contribution is 6.06. The van der Waals surface area contributed by atoms with Crippen LogP contribution in [0.3, 0.4) is 0 Å². The van der Waals surface area contributed by atoms with Gasteiger partial charge in [-0.05, 0) is 79.5 Å². The van der Waals surface area contributed by atoms with E-state index in [1.54, 1.807) is 48.4 Å². The number of anilines is 1. The molecular weight excluding hydrogens is 469 g/mol. The Kier molecular flexibility index (Phi) is 9.27. The third-order valence-corrected chi connectivity index (χ3v) is 6.60. The summed E-state index contributed by atoms with van der Waals surface area (Å²) in [6.07, 6.45) is 4.03. The van der Waals surface area contributed by atoms with E-state index in [9.17, 15) is 14.0 Å². The minimum Gasteiger partial charge on any atom is -0.497 e. The number of likely N-dealkylation sites (tertiary alicyclic amines) is 1. The van der Waals surface area contributed by atoms with Crippen molar-refractivity contribution in [2.75, 3.05) is 38.2 Å². The van der Waals surface area contributed by atoms with Crippen LogP contribution in [0.15, 0.2) is 72.8 Å². The topological polar surface area (TPSA) is 61.9 Å². The molecule has 7 heteroatoms. The zero-order chi connectivity index (χ0) is 26.0. The van der Waals surface area contributed by atoms with Crippen LogP contribution in [-0.4, -0.2) is 50.0 Å². The molecule has 0 unspecified atom stereocenters. The average molecular weight is 504 g/mol. The third kappa shape index (κ3) is 7.64. The fraction of sp³-hybridized carbons (Fsp3) is 0.333. The smallest absolute Gasteiger partial charge is 0.258 e. The van der Waals surface area contributed by atoms with Crippen molar-refractivity contribution < 1.29 is 18.7 Å². The van der Waals surface area contributed by atoms with Gasteiger partial charge in [0.1, 0.15) is 11.6 Å². The number of nitrogens with zero attached hydrogens (tertiary/aromatic N) is 2. The van der Waals surface area contributed by atoms with Crippen LogP contribution in [-0.2, 0) is 17.8 Å². The molecule has 194 valence electrons. The average Bonchev–Trinajstić information content (AvgIpc) is 2.92. The highest BCUT2D eigenvalue weighted by Crippen LogP contribution is 2.23. The van der Waals surface area contributed by atoms with Crippen LogP contribution in [0.1, 0.15) is 40.7 Å². The van der Waals surface area contributed by atoms with E-state index >= 15 is 0 Å². The van der Waals surface area contributed by atoms with Gasteiger partial charge in [-0.2, -0.15) is 0 Å². The molecule has 0 aromatic heterocycles. The number of amides is 2. The second-order valence-electron chi connectivity index (χ2n) is 9.35. The summed E-state index contributed by atoms with van der Waals surface area (Å²) in [7, 11) is 1.55. The van der Waals surface area contributed by atoms with Crippen LogP contribution in [0.2, 0.25) is 0 Å². The zero-order valence-corrected chi connectivity index (χ0v) is 21.3. The molecule has 1 aliphatic rings. The van der Waals surface area contributed by atoms with E-state index in [1.165, 1.54) is 31.4 Å². The van der Waals surface area contributed by atoms with Gasteiger partial charge in [0.2, 0.25) is 5.91 Å². The minimum atomic E-state index is -0.354. The molecule has 1 N–H and O–H groups in total. The molecule has 1 saturated heterocycles. The lowest BCUT2D eigenvalue weighted by Gasteiger charge is -2.26. The fourth-order valence-electron chi connectivity index (χ4n) is 4.59. The summed E-state index contributed by atoms with van der Waals surface area (Å²) in [6, 6.07) is 20.5. The van der Waals surface area contributed by atoms with E-state index in [0.717, 1.165) is 25.2 Å². The van der Waals surface area contributed by atoms with Gasteiger partial charge in [0.25, 0.3) is 5.91 Å². The van der Waals surface area contributed by atoms with Gasteiger partial charge in [-0.15, -0.1) is 0 Å². The molecule has 1 heterocycles. The Morgan fingerprint density at radius 2 is 1.70 bits per heavy atom. The predicted molar refractivity (Wildman–Crippen MR) is 143 cm³/mol. The first-order valence-corrected chi connectivity index (χ1v) is 12.8. The van der Waals surface area contributed by atoms with Crippen LogP contribution >= 0.6 is 0 Å². The van der Waals surface area contributed by atoms with Crippen molar-refractivity contribution in [3.63, 3.8) is 0 Å². The minimum absolute atomic E-state index is 0.0196. The molecular formula is C30H34FN3O3. The van der Waals surface area contributed by atoms with Crippen molar-refractivity contribution in [1.29, 1.82) is 0 Å². The van der Waals surface area contributed by atoms with E-state index in [-0.39, 0.29) is 30.6 Å². The largest absolute Gasteiger partial charge is 0.497 e. The van der Waals surface area contributed by atoms with E-state index < -0.39 is 0 Å². The predicted octanol–water partition coefficient (Wildman–Crippen LogP) is 4.83. The molecule has 0 bridgehead atoms. The van der Waals surface area contributed by atoms with Gasteiger partial charge in [-0.1, -0.05) is 36.8 Å². The SMILES string of the molecule is COc1cccc(C(=O)N(Cc2cccc(F)c2)c2ccc(CC(=O)NCCN3CCCCC3)cc2)c1. The van der Waals surface area contributed by atoms with Gasteiger partial charge in [-0.25, -0.2) is 4.39 Å². The Hall–Kier alpha value is -3.71. The monoisotopic (exact) mass is 503 g/mol.